The highest BCUT2D eigenvalue weighted by molar-refractivity contribution is 5.98. The number of hydrogen-bond donors (Lipinski definition) is 4. The molecule has 0 unspecified atom stereocenters. The van der Waals surface area contributed by atoms with Crippen molar-refractivity contribution >= 4 is 35.0 Å². The molecule has 1 atom stereocenters. The average molecular weight is 514 g/mol. The number of hydrogen-bond acceptors (Lipinski definition) is 7. The standard InChI is InChI=1S/C26H22N6O6/c1-14(16-3-5-17(6-4-16)26(36)37)29-24(34)19-11-20(32-22(30-19)8-9-28-32)25(35)27-12-15-2-7-21-18(10-15)31-23(33)13-38-21/h2-11,14H,12-13H2,1H3,(H,27,35)(H,29,34)(H,31,33)(H,36,37)/t14-/m0/s1. The van der Waals surface area contributed by atoms with Crippen LogP contribution in [-0.2, 0) is 11.3 Å². The molecule has 0 radical (unpaired) electrons. The third-order valence-corrected chi connectivity index (χ3v) is 5.96. The fourth-order valence-corrected chi connectivity index (χ4v) is 3.97. The van der Waals surface area contributed by atoms with Gasteiger partial charge in [-0.25, -0.2) is 14.3 Å². The van der Waals surface area contributed by atoms with Gasteiger partial charge in [0.05, 0.1) is 23.5 Å². The van der Waals surface area contributed by atoms with Crippen LogP contribution in [0.1, 0.15) is 55.4 Å². The van der Waals surface area contributed by atoms with E-state index in [4.69, 9.17) is 9.84 Å². The number of anilines is 1. The molecule has 0 aliphatic carbocycles. The maximum Gasteiger partial charge on any atom is 0.335 e. The summed E-state index contributed by atoms with van der Waals surface area (Å²) in [5, 5.41) is 21.6. The summed E-state index contributed by atoms with van der Waals surface area (Å²) in [6, 6.07) is 13.9. The normalized spacial score (nSPS) is 13.1. The summed E-state index contributed by atoms with van der Waals surface area (Å²) < 4.78 is 6.69. The van der Waals surface area contributed by atoms with Crippen LogP contribution in [0, 0.1) is 0 Å². The first-order valence-corrected chi connectivity index (χ1v) is 11.6. The van der Waals surface area contributed by atoms with Crippen LogP contribution in [0.15, 0.2) is 60.8 Å². The minimum absolute atomic E-state index is 0.0193. The van der Waals surface area contributed by atoms with Crippen molar-refractivity contribution in [2.75, 3.05) is 11.9 Å². The number of aromatic nitrogens is 3. The monoisotopic (exact) mass is 514 g/mol. The molecule has 192 valence electrons. The van der Waals surface area contributed by atoms with Gasteiger partial charge in [0.15, 0.2) is 12.3 Å². The maximum atomic E-state index is 13.1. The maximum absolute atomic E-state index is 13.1. The molecule has 5 rings (SSSR count). The van der Waals surface area contributed by atoms with E-state index in [1.165, 1.54) is 28.9 Å². The minimum atomic E-state index is -1.04. The molecule has 38 heavy (non-hydrogen) atoms. The molecule has 12 nitrogen and oxygen atoms in total. The smallest absolute Gasteiger partial charge is 0.335 e. The number of carbonyl (C=O) groups excluding carboxylic acids is 3. The summed E-state index contributed by atoms with van der Waals surface area (Å²) in [6.45, 7) is 1.86. The molecule has 12 heteroatoms. The molecule has 2 aromatic carbocycles. The van der Waals surface area contributed by atoms with Gasteiger partial charge in [0.1, 0.15) is 17.1 Å². The number of ether oxygens (including phenoxy) is 1. The first kappa shape index (κ1) is 24.4. The number of aromatic carboxylic acids is 1. The van der Waals surface area contributed by atoms with Gasteiger partial charge in [0.2, 0.25) is 0 Å². The predicted molar refractivity (Wildman–Crippen MR) is 134 cm³/mol. The van der Waals surface area contributed by atoms with E-state index < -0.39 is 23.8 Å². The fourth-order valence-electron chi connectivity index (χ4n) is 3.97. The molecule has 1 aliphatic heterocycles. The van der Waals surface area contributed by atoms with Gasteiger partial charge < -0.3 is 25.8 Å². The van der Waals surface area contributed by atoms with E-state index in [0.717, 1.165) is 5.56 Å². The van der Waals surface area contributed by atoms with Gasteiger partial charge in [0, 0.05) is 18.7 Å². The van der Waals surface area contributed by atoms with E-state index in [9.17, 15) is 19.2 Å². The van der Waals surface area contributed by atoms with E-state index in [0.29, 0.717) is 22.6 Å². The van der Waals surface area contributed by atoms with E-state index in [-0.39, 0.29) is 36.0 Å². The van der Waals surface area contributed by atoms with Gasteiger partial charge in [-0.3, -0.25) is 14.4 Å². The Hall–Kier alpha value is -5.26. The van der Waals surface area contributed by atoms with E-state index in [2.05, 4.69) is 26.0 Å². The van der Waals surface area contributed by atoms with Crippen molar-refractivity contribution in [1.82, 2.24) is 25.2 Å². The summed E-state index contributed by atoms with van der Waals surface area (Å²) in [7, 11) is 0. The van der Waals surface area contributed by atoms with Crippen LogP contribution in [0.5, 0.6) is 5.75 Å². The van der Waals surface area contributed by atoms with Crippen molar-refractivity contribution in [3.8, 4) is 5.75 Å². The van der Waals surface area contributed by atoms with Gasteiger partial charge in [0.25, 0.3) is 17.7 Å². The van der Waals surface area contributed by atoms with Gasteiger partial charge in [-0.2, -0.15) is 5.10 Å². The molecule has 4 N–H and O–H groups in total. The van der Waals surface area contributed by atoms with Crippen LogP contribution in [0.2, 0.25) is 0 Å². The Kier molecular flexibility index (Phi) is 6.44. The zero-order chi connectivity index (χ0) is 26.8. The number of carbonyl (C=O) groups is 4. The number of carboxylic acid groups (broad SMARTS) is 1. The van der Waals surface area contributed by atoms with Crippen LogP contribution in [0.25, 0.3) is 5.65 Å². The summed E-state index contributed by atoms with van der Waals surface area (Å²) in [6.07, 6.45) is 1.47. The summed E-state index contributed by atoms with van der Waals surface area (Å²) >= 11 is 0. The Bertz CT molecular complexity index is 1580. The Balaban J connectivity index is 1.32. The summed E-state index contributed by atoms with van der Waals surface area (Å²) in [4.78, 5) is 53.1. The van der Waals surface area contributed by atoms with Crippen LogP contribution in [-0.4, -0.2) is 50.0 Å². The van der Waals surface area contributed by atoms with Crippen molar-refractivity contribution in [2.45, 2.75) is 19.5 Å². The third-order valence-electron chi connectivity index (χ3n) is 5.96. The highest BCUT2D eigenvalue weighted by atomic mass is 16.5. The van der Waals surface area contributed by atoms with E-state index in [1.807, 2.05) is 0 Å². The van der Waals surface area contributed by atoms with Crippen molar-refractivity contribution in [3.63, 3.8) is 0 Å². The van der Waals surface area contributed by atoms with Gasteiger partial charge >= 0.3 is 5.97 Å². The summed E-state index contributed by atoms with van der Waals surface area (Å²) in [5.74, 6) is -1.73. The molecule has 0 fully saturated rings. The number of benzene rings is 2. The Morgan fingerprint density at radius 2 is 1.89 bits per heavy atom. The van der Waals surface area contributed by atoms with Gasteiger partial charge in [-0.15, -0.1) is 0 Å². The van der Waals surface area contributed by atoms with Crippen LogP contribution in [0.3, 0.4) is 0 Å². The van der Waals surface area contributed by atoms with Gasteiger partial charge in [-0.1, -0.05) is 18.2 Å². The lowest BCUT2D eigenvalue weighted by Crippen LogP contribution is -2.30. The van der Waals surface area contributed by atoms with E-state index in [1.54, 1.807) is 43.3 Å². The van der Waals surface area contributed by atoms with Gasteiger partial charge in [-0.05, 0) is 42.3 Å². The molecular formula is C26H22N6O6. The molecule has 3 heterocycles. The molecule has 0 spiro atoms. The average Bonchev–Trinajstić information content (AvgIpc) is 3.39. The highest BCUT2D eigenvalue weighted by Crippen LogP contribution is 2.28. The minimum Gasteiger partial charge on any atom is -0.482 e. The lowest BCUT2D eigenvalue weighted by molar-refractivity contribution is -0.118. The second-order valence-corrected chi connectivity index (χ2v) is 8.60. The van der Waals surface area contributed by atoms with E-state index >= 15 is 0 Å². The molecule has 2 aromatic heterocycles. The molecule has 0 saturated carbocycles. The fraction of sp³-hybridized carbons (Fsp3) is 0.154. The number of amides is 3. The zero-order valence-electron chi connectivity index (χ0n) is 20.1. The molecule has 0 saturated heterocycles. The van der Waals surface area contributed by atoms with Crippen LogP contribution in [0.4, 0.5) is 5.69 Å². The van der Waals surface area contributed by atoms with Crippen molar-refractivity contribution in [1.29, 1.82) is 0 Å². The van der Waals surface area contributed by atoms with Crippen LogP contribution < -0.4 is 20.7 Å². The first-order chi connectivity index (χ1) is 18.3. The Morgan fingerprint density at radius 3 is 2.66 bits per heavy atom. The Morgan fingerprint density at radius 1 is 1.11 bits per heavy atom. The quantitative estimate of drug-likeness (QED) is 0.291. The molecule has 1 aliphatic rings. The van der Waals surface area contributed by atoms with Crippen LogP contribution >= 0.6 is 0 Å². The topological polar surface area (TPSA) is 164 Å². The molecule has 0 bridgehead atoms. The zero-order valence-corrected chi connectivity index (χ0v) is 20.1. The van der Waals surface area contributed by atoms with Crippen molar-refractivity contribution in [2.24, 2.45) is 0 Å². The largest absolute Gasteiger partial charge is 0.482 e. The summed E-state index contributed by atoms with van der Waals surface area (Å²) in [5.41, 5.74) is 2.55. The number of carboxylic acids is 1. The number of nitrogens with one attached hydrogen (secondary N) is 3. The highest BCUT2D eigenvalue weighted by Gasteiger charge is 2.20. The number of nitrogens with zero attached hydrogens (tertiary/aromatic N) is 3. The SMILES string of the molecule is C[C@H](NC(=O)c1cc(C(=O)NCc2ccc3c(c2)NC(=O)CO3)n2nccc2n1)c1ccc(C(=O)O)cc1. The lowest BCUT2D eigenvalue weighted by atomic mass is 10.1. The Labute approximate surface area is 215 Å². The number of fused-ring (bicyclic) bond motifs is 2. The lowest BCUT2D eigenvalue weighted by Gasteiger charge is -2.18. The molecule has 4 aromatic rings. The second-order valence-electron chi connectivity index (χ2n) is 8.60. The molecular weight excluding hydrogens is 492 g/mol. The number of rotatable bonds is 7. The third kappa shape index (κ3) is 5.00. The van der Waals surface area contributed by atoms with Crippen molar-refractivity contribution < 1.29 is 29.0 Å². The second kappa shape index (κ2) is 10.0. The predicted octanol–water partition coefficient (Wildman–Crippen LogP) is 2.18. The van der Waals surface area contributed by atoms with Crippen molar-refractivity contribution in [3.05, 3.63) is 88.9 Å². The molecule has 3 amide bonds. The first-order valence-electron chi connectivity index (χ1n) is 11.6.